The van der Waals surface area contributed by atoms with Gasteiger partial charge in [-0.2, -0.15) is 0 Å². The van der Waals surface area contributed by atoms with Gasteiger partial charge in [0.25, 0.3) is 0 Å². The van der Waals surface area contributed by atoms with Crippen molar-refractivity contribution in [1.29, 1.82) is 0 Å². The standard InChI is InChI=1S/C21H26FNO3/c1-3-17(23-14-20(24)18-6-4-5-7-19(18)22)13-10-15-8-11-16(12-9-15)21(25)26-2/h4-9,11-12,17,20,23-24H,3,10,13-14H2,1-2H3/t17-,20-/m1/s1. The first kappa shape index (κ1) is 20.1. The van der Waals surface area contributed by atoms with Gasteiger partial charge in [0.05, 0.1) is 18.8 Å². The van der Waals surface area contributed by atoms with Crippen LogP contribution in [0.5, 0.6) is 0 Å². The van der Waals surface area contributed by atoms with Gasteiger partial charge in [0, 0.05) is 18.2 Å². The molecule has 0 aromatic heterocycles. The summed E-state index contributed by atoms with van der Waals surface area (Å²) in [5, 5.41) is 13.5. The Morgan fingerprint density at radius 3 is 2.50 bits per heavy atom. The fourth-order valence-electron chi connectivity index (χ4n) is 2.85. The summed E-state index contributed by atoms with van der Waals surface area (Å²) in [6.07, 6.45) is 1.77. The second-order valence-corrected chi connectivity index (χ2v) is 6.28. The fourth-order valence-corrected chi connectivity index (χ4v) is 2.85. The normalized spacial score (nSPS) is 13.2. The number of methoxy groups -OCH3 is 1. The first-order valence-electron chi connectivity index (χ1n) is 8.88. The van der Waals surface area contributed by atoms with Crippen molar-refractivity contribution in [2.75, 3.05) is 13.7 Å². The van der Waals surface area contributed by atoms with Gasteiger partial charge in [-0.05, 0) is 43.0 Å². The van der Waals surface area contributed by atoms with Gasteiger partial charge in [0.1, 0.15) is 5.82 Å². The fraction of sp³-hybridized carbons (Fsp3) is 0.381. The number of halogens is 1. The largest absolute Gasteiger partial charge is 0.465 e. The third-order valence-corrected chi connectivity index (χ3v) is 4.51. The van der Waals surface area contributed by atoms with Gasteiger partial charge >= 0.3 is 5.97 Å². The summed E-state index contributed by atoms with van der Waals surface area (Å²) in [7, 11) is 1.36. The van der Waals surface area contributed by atoms with Crippen LogP contribution in [0.3, 0.4) is 0 Å². The van der Waals surface area contributed by atoms with Gasteiger partial charge in [-0.3, -0.25) is 0 Å². The van der Waals surface area contributed by atoms with Crippen LogP contribution in [0.4, 0.5) is 4.39 Å². The Labute approximate surface area is 154 Å². The summed E-state index contributed by atoms with van der Waals surface area (Å²) >= 11 is 0. The molecule has 0 saturated heterocycles. The van der Waals surface area contributed by atoms with Gasteiger partial charge in [-0.1, -0.05) is 37.3 Å². The lowest BCUT2D eigenvalue weighted by Gasteiger charge is -2.20. The number of aryl methyl sites for hydroxylation is 1. The van der Waals surface area contributed by atoms with E-state index in [0.29, 0.717) is 17.7 Å². The summed E-state index contributed by atoms with van der Waals surface area (Å²) in [5.41, 5.74) is 1.98. The van der Waals surface area contributed by atoms with E-state index in [1.807, 2.05) is 12.1 Å². The van der Waals surface area contributed by atoms with Crippen LogP contribution in [0, 0.1) is 5.82 Å². The SMILES string of the molecule is CC[C@H](CCc1ccc(C(=O)OC)cc1)NC[C@@H](O)c1ccccc1F. The molecule has 0 amide bonds. The molecule has 26 heavy (non-hydrogen) atoms. The first-order valence-corrected chi connectivity index (χ1v) is 8.88. The van der Waals surface area contributed by atoms with E-state index in [1.165, 1.54) is 13.2 Å². The second-order valence-electron chi connectivity index (χ2n) is 6.28. The number of esters is 1. The average Bonchev–Trinajstić information content (AvgIpc) is 2.68. The smallest absolute Gasteiger partial charge is 0.337 e. The first-order chi connectivity index (χ1) is 12.5. The van der Waals surface area contributed by atoms with Crippen molar-refractivity contribution >= 4 is 5.97 Å². The summed E-state index contributed by atoms with van der Waals surface area (Å²) in [4.78, 5) is 11.4. The molecule has 0 aliphatic heterocycles. The Morgan fingerprint density at radius 2 is 1.88 bits per heavy atom. The number of benzene rings is 2. The van der Waals surface area contributed by atoms with Crippen LogP contribution < -0.4 is 5.32 Å². The van der Waals surface area contributed by atoms with Crippen molar-refractivity contribution in [2.45, 2.75) is 38.3 Å². The molecular weight excluding hydrogens is 333 g/mol. The number of aliphatic hydroxyl groups excluding tert-OH is 1. The molecule has 2 rings (SSSR count). The number of aliphatic hydroxyl groups is 1. The van der Waals surface area contributed by atoms with E-state index in [0.717, 1.165) is 24.8 Å². The number of rotatable bonds is 9. The van der Waals surface area contributed by atoms with Crippen LogP contribution >= 0.6 is 0 Å². The van der Waals surface area contributed by atoms with Crippen molar-refractivity contribution < 1.29 is 19.0 Å². The van der Waals surface area contributed by atoms with E-state index in [4.69, 9.17) is 4.74 Å². The Morgan fingerprint density at radius 1 is 1.19 bits per heavy atom. The molecule has 2 N–H and O–H groups in total. The zero-order valence-electron chi connectivity index (χ0n) is 15.2. The lowest BCUT2D eigenvalue weighted by atomic mass is 10.0. The predicted octanol–water partition coefficient (Wildman–Crippen LogP) is 3.65. The minimum Gasteiger partial charge on any atom is -0.465 e. The topological polar surface area (TPSA) is 58.6 Å². The molecule has 5 heteroatoms. The zero-order chi connectivity index (χ0) is 18.9. The molecule has 0 saturated carbocycles. The van der Waals surface area contributed by atoms with E-state index >= 15 is 0 Å². The molecule has 0 aliphatic rings. The molecule has 0 bridgehead atoms. The second kappa shape index (κ2) is 10.0. The van der Waals surface area contributed by atoms with Crippen molar-refractivity contribution in [3.63, 3.8) is 0 Å². The molecule has 0 aliphatic carbocycles. The number of hydrogen-bond donors (Lipinski definition) is 2. The van der Waals surface area contributed by atoms with E-state index in [2.05, 4.69) is 12.2 Å². The quantitative estimate of drug-likeness (QED) is 0.671. The van der Waals surface area contributed by atoms with Crippen LogP contribution in [-0.2, 0) is 11.2 Å². The van der Waals surface area contributed by atoms with Gasteiger partial charge in [0.15, 0.2) is 0 Å². The van der Waals surface area contributed by atoms with Crippen molar-refractivity contribution in [3.8, 4) is 0 Å². The highest BCUT2D eigenvalue weighted by Crippen LogP contribution is 2.17. The number of hydrogen-bond acceptors (Lipinski definition) is 4. The van der Waals surface area contributed by atoms with Gasteiger partial charge in [-0.25, -0.2) is 9.18 Å². The molecule has 2 atom stereocenters. The van der Waals surface area contributed by atoms with Crippen molar-refractivity contribution in [1.82, 2.24) is 5.32 Å². The number of nitrogens with one attached hydrogen (secondary N) is 1. The molecule has 0 fully saturated rings. The minimum atomic E-state index is -0.871. The van der Waals surface area contributed by atoms with E-state index in [9.17, 15) is 14.3 Å². The van der Waals surface area contributed by atoms with Gasteiger partial charge in [0.2, 0.25) is 0 Å². The molecule has 0 radical (unpaired) electrons. The van der Waals surface area contributed by atoms with E-state index < -0.39 is 6.10 Å². The summed E-state index contributed by atoms with van der Waals surface area (Å²) in [5.74, 6) is -0.729. The maximum absolute atomic E-state index is 13.7. The Kier molecular flexibility index (Phi) is 7.75. The molecule has 0 unspecified atom stereocenters. The lowest BCUT2D eigenvalue weighted by molar-refractivity contribution is 0.0600. The van der Waals surface area contributed by atoms with Crippen molar-refractivity contribution in [2.24, 2.45) is 0 Å². The number of carbonyl (C=O) groups is 1. The average molecular weight is 359 g/mol. The molecule has 2 aromatic carbocycles. The third kappa shape index (κ3) is 5.64. The molecular formula is C21H26FNO3. The van der Waals surface area contributed by atoms with Crippen LogP contribution in [0.2, 0.25) is 0 Å². The van der Waals surface area contributed by atoms with Crippen LogP contribution in [0.1, 0.15) is 47.4 Å². The summed E-state index contributed by atoms with van der Waals surface area (Å²) < 4.78 is 18.4. The maximum atomic E-state index is 13.7. The number of ether oxygens (including phenoxy) is 1. The molecule has 0 heterocycles. The van der Waals surface area contributed by atoms with Crippen LogP contribution in [0.15, 0.2) is 48.5 Å². The van der Waals surface area contributed by atoms with Gasteiger partial charge < -0.3 is 15.2 Å². The minimum absolute atomic E-state index is 0.219. The summed E-state index contributed by atoms with van der Waals surface area (Å²) in [6, 6.07) is 13.9. The Hall–Kier alpha value is -2.24. The number of carbonyl (C=O) groups excluding carboxylic acids is 1. The Bertz CT molecular complexity index is 703. The van der Waals surface area contributed by atoms with Crippen LogP contribution in [-0.4, -0.2) is 30.8 Å². The van der Waals surface area contributed by atoms with Crippen LogP contribution in [0.25, 0.3) is 0 Å². The highest BCUT2D eigenvalue weighted by atomic mass is 19.1. The maximum Gasteiger partial charge on any atom is 0.337 e. The molecule has 4 nitrogen and oxygen atoms in total. The Balaban J connectivity index is 1.84. The molecule has 0 spiro atoms. The van der Waals surface area contributed by atoms with Gasteiger partial charge in [-0.15, -0.1) is 0 Å². The summed E-state index contributed by atoms with van der Waals surface area (Å²) in [6.45, 7) is 2.38. The molecule has 140 valence electrons. The van der Waals surface area contributed by atoms with E-state index in [1.54, 1.807) is 30.3 Å². The lowest BCUT2D eigenvalue weighted by Crippen LogP contribution is -2.33. The monoisotopic (exact) mass is 359 g/mol. The highest BCUT2D eigenvalue weighted by molar-refractivity contribution is 5.89. The van der Waals surface area contributed by atoms with E-state index in [-0.39, 0.29) is 17.8 Å². The zero-order valence-corrected chi connectivity index (χ0v) is 15.2. The molecule has 2 aromatic rings. The third-order valence-electron chi connectivity index (χ3n) is 4.51. The van der Waals surface area contributed by atoms with Crippen molar-refractivity contribution in [3.05, 3.63) is 71.0 Å². The predicted molar refractivity (Wildman–Crippen MR) is 99.5 cm³/mol. The highest BCUT2D eigenvalue weighted by Gasteiger charge is 2.14.